The van der Waals surface area contributed by atoms with Crippen molar-refractivity contribution in [2.75, 3.05) is 29.0 Å². The zero-order chi connectivity index (χ0) is 21.9. The standard InChI is InChI=1S/C25H27N7/c26-21-6-4-18(29-16-17-8-10-28-11-9-17)14-20(21)24(27)25-30-22-7-5-19(15-23(22)31-25)32-12-2-1-3-13-32/h4-11,14-15,27,29H,1-3,12-13,16,26H2,(H,30,31). The van der Waals surface area contributed by atoms with Gasteiger partial charge < -0.3 is 20.9 Å². The predicted octanol–water partition coefficient (Wildman–Crippen LogP) is 4.56. The Morgan fingerprint density at radius 2 is 1.84 bits per heavy atom. The number of hydrogen-bond donors (Lipinski definition) is 4. The molecule has 5 N–H and O–H groups in total. The molecule has 3 heterocycles. The Balaban J connectivity index is 1.38. The van der Waals surface area contributed by atoms with Crippen molar-refractivity contribution in [1.82, 2.24) is 15.0 Å². The van der Waals surface area contributed by atoms with E-state index in [0.717, 1.165) is 35.4 Å². The molecule has 0 saturated carbocycles. The summed E-state index contributed by atoms with van der Waals surface area (Å²) in [6.07, 6.45) is 7.34. The Labute approximate surface area is 187 Å². The van der Waals surface area contributed by atoms with E-state index in [2.05, 4.69) is 37.3 Å². The quantitative estimate of drug-likeness (QED) is 0.268. The van der Waals surface area contributed by atoms with Crippen molar-refractivity contribution in [3.8, 4) is 0 Å². The molecule has 1 aliphatic heterocycles. The summed E-state index contributed by atoms with van der Waals surface area (Å²) in [5.74, 6) is 0.522. The molecule has 5 rings (SSSR count). The summed E-state index contributed by atoms with van der Waals surface area (Å²) in [4.78, 5) is 14.5. The number of benzene rings is 2. The molecule has 4 aromatic rings. The number of rotatable bonds is 6. The van der Waals surface area contributed by atoms with Crippen LogP contribution in [0.25, 0.3) is 11.0 Å². The first-order valence-corrected chi connectivity index (χ1v) is 11.0. The van der Waals surface area contributed by atoms with Gasteiger partial charge in [0.05, 0.1) is 11.0 Å². The highest BCUT2D eigenvalue weighted by atomic mass is 15.1. The van der Waals surface area contributed by atoms with Crippen molar-refractivity contribution in [1.29, 1.82) is 5.41 Å². The molecule has 2 aromatic heterocycles. The molecule has 2 aromatic carbocycles. The Morgan fingerprint density at radius 3 is 2.66 bits per heavy atom. The third kappa shape index (κ3) is 4.14. The molecular formula is C25H27N7. The number of H-pyrrole nitrogens is 1. The highest BCUT2D eigenvalue weighted by molar-refractivity contribution is 6.13. The van der Waals surface area contributed by atoms with Crippen LogP contribution in [0.3, 0.4) is 0 Å². The van der Waals surface area contributed by atoms with Gasteiger partial charge in [0.1, 0.15) is 5.71 Å². The van der Waals surface area contributed by atoms with Crippen LogP contribution in [0.1, 0.15) is 36.2 Å². The maximum absolute atomic E-state index is 8.77. The number of nitrogens with one attached hydrogen (secondary N) is 3. The number of nitrogens with zero attached hydrogens (tertiary/aromatic N) is 3. The van der Waals surface area contributed by atoms with Gasteiger partial charge in [-0.25, -0.2) is 4.98 Å². The lowest BCUT2D eigenvalue weighted by Gasteiger charge is -2.28. The third-order valence-corrected chi connectivity index (χ3v) is 5.99. The van der Waals surface area contributed by atoms with Crippen molar-refractivity contribution < 1.29 is 0 Å². The van der Waals surface area contributed by atoms with Gasteiger partial charge in [-0.05, 0) is 73.4 Å². The molecule has 0 bridgehead atoms. The minimum atomic E-state index is 0.283. The highest BCUT2D eigenvalue weighted by Gasteiger charge is 2.16. The molecule has 0 aliphatic carbocycles. The molecule has 0 radical (unpaired) electrons. The van der Waals surface area contributed by atoms with Gasteiger partial charge in [-0.15, -0.1) is 0 Å². The summed E-state index contributed by atoms with van der Waals surface area (Å²) >= 11 is 0. The topological polar surface area (TPSA) is 107 Å². The average molecular weight is 426 g/mol. The van der Waals surface area contributed by atoms with Crippen LogP contribution in [-0.2, 0) is 6.54 Å². The van der Waals surface area contributed by atoms with Crippen LogP contribution in [-0.4, -0.2) is 33.8 Å². The fourth-order valence-corrected chi connectivity index (χ4v) is 4.18. The molecular weight excluding hydrogens is 398 g/mol. The Bertz CT molecular complexity index is 1240. The van der Waals surface area contributed by atoms with Crippen LogP contribution < -0.4 is 16.0 Å². The van der Waals surface area contributed by atoms with Gasteiger partial charge in [0, 0.05) is 54.7 Å². The predicted molar refractivity (Wildman–Crippen MR) is 131 cm³/mol. The fraction of sp³-hybridized carbons (Fsp3) is 0.240. The largest absolute Gasteiger partial charge is 0.398 e. The van der Waals surface area contributed by atoms with Crippen LogP contribution in [0.4, 0.5) is 17.1 Å². The number of nitrogen functional groups attached to an aromatic ring is 1. The number of pyridine rings is 1. The molecule has 0 unspecified atom stereocenters. The van der Waals surface area contributed by atoms with Gasteiger partial charge in [0.25, 0.3) is 0 Å². The van der Waals surface area contributed by atoms with Crippen molar-refractivity contribution in [2.45, 2.75) is 25.8 Å². The first-order chi connectivity index (χ1) is 15.7. The summed E-state index contributed by atoms with van der Waals surface area (Å²) in [5, 5.41) is 12.2. The third-order valence-electron chi connectivity index (χ3n) is 5.99. The Morgan fingerprint density at radius 1 is 1.03 bits per heavy atom. The number of nitrogens with two attached hydrogens (primary N) is 1. The van der Waals surface area contributed by atoms with Gasteiger partial charge in [0.2, 0.25) is 0 Å². The lowest BCUT2D eigenvalue weighted by molar-refractivity contribution is 0.578. The Hall–Kier alpha value is -3.87. The highest BCUT2D eigenvalue weighted by Crippen LogP contribution is 2.26. The molecule has 1 aliphatic rings. The lowest BCUT2D eigenvalue weighted by Crippen LogP contribution is -2.29. The second-order valence-electron chi connectivity index (χ2n) is 8.22. The number of fused-ring (bicyclic) bond motifs is 1. The summed E-state index contributed by atoms with van der Waals surface area (Å²) in [6, 6.07) is 15.9. The second-order valence-corrected chi connectivity index (χ2v) is 8.22. The number of piperidine rings is 1. The number of imidazole rings is 1. The van der Waals surface area contributed by atoms with Crippen LogP contribution in [0.2, 0.25) is 0 Å². The van der Waals surface area contributed by atoms with E-state index in [0.29, 0.717) is 23.6 Å². The van der Waals surface area contributed by atoms with Crippen molar-refractivity contribution in [2.24, 2.45) is 0 Å². The van der Waals surface area contributed by atoms with Crippen LogP contribution >= 0.6 is 0 Å². The zero-order valence-corrected chi connectivity index (χ0v) is 17.9. The first kappa shape index (κ1) is 20.1. The number of aromatic nitrogens is 3. The van der Waals surface area contributed by atoms with Gasteiger partial charge in [0.15, 0.2) is 5.82 Å². The lowest BCUT2D eigenvalue weighted by atomic mass is 10.1. The average Bonchev–Trinajstić information content (AvgIpc) is 3.28. The molecule has 7 heteroatoms. The normalized spacial score (nSPS) is 13.9. The monoisotopic (exact) mass is 425 g/mol. The van der Waals surface area contributed by atoms with Gasteiger partial charge >= 0.3 is 0 Å². The molecule has 1 saturated heterocycles. The number of anilines is 3. The van der Waals surface area contributed by atoms with Crippen molar-refractivity contribution >= 4 is 33.8 Å². The zero-order valence-electron chi connectivity index (χ0n) is 17.9. The maximum Gasteiger partial charge on any atom is 0.157 e. The van der Waals surface area contributed by atoms with E-state index in [9.17, 15) is 0 Å². The van der Waals surface area contributed by atoms with Gasteiger partial charge in [-0.1, -0.05) is 0 Å². The van der Waals surface area contributed by atoms with Crippen LogP contribution in [0.5, 0.6) is 0 Å². The molecule has 0 atom stereocenters. The van der Waals surface area contributed by atoms with E-state index >= 15 is 0 Å². The van der Waals surface area contributed by atoms with E-state index in [1.165, 1.54) is 24.9 Å². The summed E-state index contributed by atoms with van der Waals surface area (Å²) in [5.41, 5.74) is 12.8. The van der Waals surface area contributed by atoms with Crippen molar-refractivity contribution in [3.63, 3.8) is 0 Å². The van der Waals surface area contributed by atoms with Crippen molar-refractivity contribution in [3.05, 3.63) is 77.9 Å². The summed E-state index contributed by atoms with van der Waals surface area (Å²) in [7, 11) is 0. The minimum absolute atomic E-state index is 0.283. The maximum atomic E-state index is 8.77. The molecule has 0 amide bonds. The molecule has 1 fully saturated rings. The second kappa shape index (κ2) is 8.70. The van der Waals surface area contributed by atoms with Gasteiger partial charge in [-0.3, -0.25) is 10.4 Å². The number of aromatic amines is 1. The molecule has 7 nitrogen and oxygen atoms in total. The molecule has 162 valence electrons. The van der Waals surface area contributed by atoms with Crippen LogP contribution in [0.15, 0.2) is 60.9 Å². The summed E-state index contributed by atoms with van der Waals surface area (Å²) < 4.78 is 0. The van der Waals surface area contributed by atoms with E-state index in [4.69, 9.17) is 11.1 Å². The van der Waals surface area contributed by atoms with E-state index in [1.807, 2.05) is 36.4 Å². The Kier molecular flexibility index (Phi) is 5.46. The summed E-state index contributed by atoms with van der Waals surface area (Å²) in [6.45, 7) is 2.86. The van der Waals surface area contributed by atoms with E-state index < -0.39 is 0 Å². The minimum Gasteiger partial charge on any atom is -0.398 e. The van der Waals surface area contributed by atoms with E-state index in [1.54, 1.807) is 12.4 Å². The molecule has 0 spiro atoms. The smallest absolute Gasteiger partial charge is 0.157 e. The number of hydrogen-bond acceptors (Lipinski definition) is 6. The molecule has 32 heavy (non-hydrogen) atoms. The van der Waals surface area contributed by atoms with Crippen LogP contribution in [0, 0.1) is 5.41 Å². The fourth-order valence-electron chi connectivity index (χ4n) is 4.18. The first-order valence-electron chi connectivity index (χ1n) is 11.0. The van der Waals surface area contributed by atoms with E-state index in [-0.39, 0.29) is 5.71 Å². The van der Waals surface area contributed by atoms with Gasteiger partial charge in [-0.2, -0.15) is 0 Å². The SMILES string of the molecule is N=C(c1nc2ccc(N3CCCCC3)cc2[nH]1)c1cc(NCc2ccncc2)ccc1N.